The fourth-order valence-corrected chi connectivity index (χ4v) is 3.17. The molecular weight excluding hydrogens is 510 g/mol. The molecule has 32 heavy (non-hydrogen) atoms. The molecule has 4 rings (SSSR count). The van der Waals surface area contributed by atoms with Crippen molar-refractivity contribution >= 4 is 0 Å². The zero-order chi connectivity index (χ0) is 19.7. The van der Waals surface area contributed by atoms with Gasteiger partial charge in [0.1, 0.15) is 11.5 Å². The summed E-state index contributed by atoms with van der Waals surface area (Å²) in [5, 5.41) is 20.2. The van der Waals surface area contributed by atoms with Crippen molar-refractivity contribution in [3.8, 4) is 45.1 Å². The van der Waals surface area contributed by atoms with Gasteiger partial charge in [-0.25, -0.2) is 0 Å². The van der Waals surface area contributed by atoms with Crippen LogP contribution >= 0.6 is 0 Å². The summed E-state index contributed by atoms with van der Waals surface area (Å²) in [4.78, 5) is 9.01. The molecule has 166 valence electrons. The molecule has 0 spiro atoms. The molecule has 2 aromatic heterocycles. The number of hydrogen-bond donors (Lipinski definition) is 2. The molecule has 8 heteroatoms. The van der Waals surface area contributed by atoms with Gasteiger partial charge in [-0.05, 0) is 50.2 Å². The van der Waals surface area contributed by atoms with Gasteiger partial charge in [0.05, 0.1) is 11.4 Å². The van der Waals surface area contributed by atoms with E-state index in [1.54, 1.807) is 24.5 Å². The summed E-state index contributed by atoms with van der Waals surface area (Å²) in [5.41, 5.74) is 6.88. The van der Waals surface area contributed by atoms with Gasteiger partial charge in [-0.15, -0.1) is 0 Å². The SMILES string of the molecule is Cc1ccc(O)c(-c2ccc(-c3ccc(-c4cc(C)ccc4O)cn3)nc2)c1.[Cl-].[Cl-].[Cl-].[Mn+3]. The van der Waals surface area contributed by atoms with Crippen LogP contribution in [-0.4, -0.2) is 20.2 Å². The van der Waals surface area contributed by atoms with E-state index in [2.05, 4.69) is 9.97 Å². The van der Waals surface area contributed by atoms with Gasteiger partial charge < -0.3 is 47.4 Å². The van der Waals surface area contributed by atoms with Gasteiger partial charge in [-0.3, -0.25) is 9.97 Å². The molecule has 0 radical (unpaired) electrons. The van der Waals surface area contributed by atoms with Crippen LogP contribution in [0.2, 0.25) is 0 Å². The van der Waals surface area contributed by atoms with E-state index in [0.717, 1.165) is 44.8 Å². The Balaban J connectivity index is 0.00000240. The first-order chi connectivity index (χ1) is 13.5. The number of rotatable bonds is 3. The molecule has 4 aromatic rings. The molecule has 2 N–H and O–H groups in total. The maximum Gasteiger partial charge on any atom is 3.00 e. The number of halogens is 3. The van der Waals surface area contributed by atoms with E-state index in [-0.39, 0.29) is 65.8 Å². The third-order valence-electron chi connectivity index (χ3n) is 4.72. The summed E-state index contributed by atoms with van der Waals surface area (Å²) in [6.07, 6.45) is 3.48. The monoisotopic (exact) mass is 528 g/mol. The van der Waals surface area contributed by atoms with E-state index in [1.165, 1.54) is 0 Å². The Kier molecular flexibility index (Phi) is 11.8. The number of hydrogen-bond acceptors (Lipinski definition) is 4. The van der Waals surface area contributed by atoms with Gasteiger partial charge in [0.15, 0.2) is 0 Å². The van der Waals surface area contributed by atoms with Crippen molar-refractivity contribution in [2.24, 2.45) is 0 Å². The van der Waals surface area contributed by atoms with Gasteiger partial charge in [0.2, 0.25) is 0 Å². The predicted molar refractivity (Wildman–Crippen MR) is 111 cm³/mol. The molecule has 0 saturated carbocycles. The van der Waals surface area contributed by atoms with Gasteiger partial charge in [-0.2, -0.15) is 0 Å². The first-order valence-electron chi connectivity index (χ1n) is 9.04. The first kappa shape index (κ1) is 29.7. The number of phenols is 2. The molecule has 0 bridgehead atoms. The van der Waals surface area contributed by atoms with Crippen molar-refractivity contribution in [2.75, 3.05) is 0 Å². The average Bonchev–Trinajstić information content (AvgIpc) is 2.72. The molecule has 0 aliphatic rings. The molecule has 0 amide bonds. The smallest absolute Gasteiger partial charge is 1.00 e. The number of aryl methyl sites for hydroxylation is 2. The maximum atomic E-state index is 10.1. The predicted octanol–water partition coefficient (Wildman–Crippen LogP) is -3.48. The molecule has 0 atom stereocenters. The number of aromatic hydroxyl groups is 2. The van der Waals surface area contributed by atoms with Crippen LogP contribution in [-0.2, 0) is 17.1 Å². The quantitative estimate of drug-likeness (QED) is 0.271. The van der Waals surface area contributed by atoms with E-state index in [0.29, 0.717) is 0 Å². The molecular formula is C24H20Cl3MnN2O2. The topological polar surface area (TPSA) is 66.2 Å². The minimum Gasteiger partial charge on any atom is -1.00 e. The largest absolute Gasteiger partial charge is 3.00 e. The van der Waals surface area contributed by atoms with Gasteiger partial charge in [0.25, 0.3) is 0 Å². The second-order valence-corrected chi connectivity index (χ2v) is 6.91. The summed E-state index contributed by atoms with van der Waals surface area (Å²) in [6, 6.07) is 18.7. The van der Waals surface area contributed by atoms with Crippen molar-refractivity contribution in [1.29, 1.82) is 0 Å². The number of phenolic OH excluding ortho intramolecular Hbond substituents is 2. The zero-order valence-corrected chi connectivity index (χ0v) is 20.7. The summed E-state index contributed by atoms with van der Waals surface area (Å²) < 4.78 is 0. The van der Waals surface area contributed by atoms with Crippen LogP contribution in [0.1, 0.15) is 11.1 Å². The molecule has 2 heterocycles. The molecule has 0 unspecified atom stereocenters. The maximum absolute atomic E-state index is 10.1. The Labute approximate surface area is 216 Å². The Hall–Kier alpha value is -2.27. The van der Waals surface area contributed by atoms with E-state index in [9.17, 15) is 10.2 Å². The molecule has 2 aromatic carbocycles. The molecule has 4 nitrogen and oxygen atoms in total. The zero-order valence-electron chi connectivity index (χ0n) is 17.2. The Morgan fingerprint density at radius 3 is 1.25 bits per heavy atom. The standard InChI is InChI=1S/C24H20N2O2.3ClH.Mn/c1-15-3-9-23(27)19(11-15)17-5-7-21(25-13-17)22-8-6-18(14-26-22)20-12-16(2)4-10-24(20)28;;;;/h3-14,27-28H,1-2H3;3*1H;/q;;;;+3/p-3. The Morgan fingerprint density at radius 2 is 0.938 bits per heavy atom. The fraction of sp³-hybridized carbons (Fsp3) is 0.0833. The summed E-state index contributed by atoms with van der Waals surface area (Å²) in [7, 11) is 0. The second-order valence-electron chi connectivity index (χ2n) is 6.91. The van der Waals surface area contributed by atoms with Crippen LogP contribution in [0, 0.1) is 13.8 Å². The number of aromatic nitrogens is 2. The van der Waals surface area contributed by atoms with Gasteiger partial charge in [0, 0.05) is 34.6 Å². The van der Waals surface area contributed by atoms with Crippen LogP contribution in [0.4, 0.5) is 0 Å². The van der Waals surface area contributed by atoms with Crippen LogP contribution in [0.15, 0.2) is 73.1 Å². The van der Waals surface area contributed by atoms with Crippen molar-refractivity contribution in [1.82, 2.24) is 9.97 Å². The second kappa shape index (κ2) is 12.7. The molecule has 0 saturated heterocycles. The fourth-order valence-electron chi connectivity index (χ4n) is 3.17. The normalized spacial score (nSPS) is 9.44. The average molecular weight is 530 g/mol. The minimum atomic E-state index is 0. The van der Waals surface area contributed by atoms with Crippen LogP contribution in [0.3, 0.4) is 0 Å². The molecule has 0 aliphatic heterocycles. The summed E-state index contributed by atoms with van der Waals surface area (Å²) >= 11 is 0. The van der Waals surface area contributed by atoms with E-state index < -0.39 is 0 Å². The molecule has 0 aliphatic carbocycles. The van der Waals surface area contributed by atoms with E-state index in [4.69, 9.17) is 0 Å². The number of pyridine rings is 2. The van der Waals surface area contributed by atoms with Gasteiger partial charge >= 0.3 is 17.1 Å². The van der Waals surface area contributed by atoms with Crippen molar-refractivity contribution in [3.05, 3.63) is 84.2 Å². The Morgan fingerprint density at radius 1 is 0.562 bits per heavy atom. The summed E-state index contributed by atoms with van der Waals surface area (Å²) in [6.45, 7) is 3.98. The van der Waals surface area contributed by atoms with Crippen LogP contribution in [0.25, 0.3) is 33.6 Å². The van der Waals surface area contributed by atoms with E-state index >= 15 is 0 Å². The number of nitrogens with zero attached hydrogens (tertiary/aromatic N) is 2. The minimum absolute atomic E-state index is 0. The Bertz CT molecular complexity index is 1060. The number of benzene rings is 2. The first-order valence-corrected chi connectivity index (χ1v) is 9.04. The third-order valence-corrected chi connectivity index (χ3v) is 4.72. The van der Waals surface area contributed by atoms with E-state index in [1.807, 2.05) is 62.4 Å². The summed E-state index contributed by atoms with van der Waals surface area (Å²) in [5.74, 6) is 0.473. The third kappa shape index (κ3) is 6.38. The van der Waals surface area contributed by atoms with Crippen LogP contribution < -0.4 is 37.2 Å². The molecule has 0 fully saturated rings. The van der Waals surface area contributed by atoms with Gasteiger partial charge in [-0.1, -0.05) is 35.4 Å². The van der Waals surface area contributed by atoms with Crippen molar-refractivity contribution < 1.29 is 64.5 Å². The van der Waals surface area contributed by atoms with Crippen molar-refractivity contribution in [3.63, 3.8) is 0 Å². The van der Waals surface area contributed by atoms with Crippen LogP contribution in [0.5, 0.6) is 11.5 Å². The van der Waals surface area contributed by atoms with Crippen molar-refractivity contribution in [2.45, 2.75) is 13.8 Å².